The number of halogens is 1. The molecule has 2 aromatic rings. The van der Waals surface area contributed by atoms with Crippen LogP contribution in [0.4, 0.5) is 0 Å². The number of hydrogen-bond donors (Lipinski definition) is 0. The number of aromatic nitrogens is 4. The van der Waals surface area contributed by atoms with Gasteiger partial charge in [-0.2, -0.15) is 15.5 Å². The highest BCUT2D eigenvalue weighted by molar-refractivity contribution is 6.31. The van der Waals surface area contributed by atoms with Crippen LogP contribution in [0.1, 0.15) is 19.4 Å². The predicted molar refractivity (Wildman–Crippen MR) is 69.0 cm³/mol. The quantitative estimate of drug-likeness (QED) is 0.855. The van der Waals surface area contributed by atoms with E-state index in [-0.39, 0.29) is 0 Å². The Morgan fingerprint density at radius 1 is 1.50 bits per heavy atom. The summed E-state index contributed by atoms with van der Waals surface area (Å²) in [5, 5.41) is 18.1. The first-order valence-electron chi connectivity index (χ1n) is 5.69. The van der Waals surface area contributed by atoms with Crippen molar-refractivity contribution in [3.63, 3.8) is 0 Å². The zero-order chi connectivity index (χ0) is 13.3. The molecule has 94 valence electrons. The third-order valence-electron chi connectivity index (χ3n) is 2.60. The van der Waals surface area contributed by atoms with Crippen molar-refractivity contribution in [1.29, 1.82) is 5.26 Å². The van der Waals surface area contributed by atoms with Gasteiger partial charge in [-0.05, 0) is 12.0 Å². The first kappa shape index (κ1) is 12.7. The smallest absolute Gasteiger partial charge is 0.145 e. The van der Waals surface area contributed by atoms with E-state index in [2.05, 4.69) is 30.1 Å². The Morgan fingerprint density at radius 3 is 2.72 bits per heavy atom. The van der Waals surface area contributed by atoms with E-state index in [1.807, 2.05) is 13.1 Å². The largest absolute Gasteiger partial charge is 0.266 e. The Morgan fingerprint density at radius 2 is 2.22 bits per heavy atom. The maximum Gasteiger partial charge on any atom is 0.145 e. The number of hydrogen-bond acceptors (Lipinski definition) is 3. The number of aryl methyl sites for hydroxylation is 1. The molecule has 2 rings (SSSR count). The predicted octanol–water partition coefficient (Wildman–Crippen LogP) is 2.46. The van der Waals surface area contributed by atoms with Gasteiger partial charge in [-0.25, -0.2) is 0 Å². The molecule has 0 saturated carbocycles. The van der Waals surface area contributed by atoms with E-state index in [9.17, 15) is 5.26 Å². The molecule has 0 fully saturated rings. The fourth-order valence-corrected chi connectivity index (χ4v) is 2.03. The van der Waals surface area contributed by atoms with Crippen molar-refractivity contribution < 1.29 is 0 Å². The Kier molecular flexibility index (Phi) is 3.39. The summed E-state index contributed by atoms with van der Waals surface area (Å²) >= 11 is 6.19. The maximum atomic E-state index is 9.22. The molecule has 0 atom stereocenters. The Labute approximate surface area is 111 Å². The Balaban J connectivity index is 2.55. The van der Waals surface area contributed by atoms with Gasteiger partial charge in [0.15, 0.2) is 0 Å². The molecule has 0 unspecified atom stereocenters. The van der Waals surface area contributed by atoms with Crippen LogP contribution in [0, 0.1) is 17.2 Å². The average Bonchev–Trinajstić information content (AvgIpc) is 2.83. The molecule has 0 bridgehead atoms. The van der Waals surface area contributed by atoms with E-state index in [0.717, 1.165) is 5.69 Å². The van der Waals surface area contributed by atoms with Crippen LogP contribution in [-0.4, -0.2) is 19.6 Å². The highest BCUT2D eigenvalue weighted by Crippen LogP contribution is 2.28. The normalized spacial score (nSPS) is 10.9. The van der Waals surface area contributed by atoms with Gasteiger partial charge >= 0.3 is 0 Å². The highest BCUT2D eigenvalue weighted by Gasteiger charge is 2.19. The van der Waals surface area contributed by atoms with E-state index in [4.69, 9.17) is 11.6 Å². The van der Waals surface area contributed by atoms with Crippen LogP contribution < -0.4 is 0 Å². The Hall–Kier alpha value is -1.80. The van der Waals surface area contributed by atoms with E-state index >= 15 is 0 Å². The Bertz CT molecular complexity index is 603. The average molecular weight is 264 g/mol. The van der Waals surface area contributed by atoms with Crippen molar-refractivity contribution in [2.24, 2.45) is 13.0 Å². The van der Waals surface area contributed by atoms with Crippen molar-refractivity contribution in [3.05, 3.63) is 23.0 Å². The second-order valence-corrected chi connectivity index (χ2v) is 4.90. The first-order valence-corrected chi connectivity index (χ1v) is 6.07. The van der Waals surface area contributed by atoms with Gasteiger partial charge in [0.2, 0.25) is 0 Å². The lowest BCUT2D eigenvalue weighted by atomic mass is 10.2. The summed E-state index contributed by atoms with van der Waals surface area (Å²) in [6.45, 7) is 4.84. The van der Waals surface area contributed by atoms with Gasteiger partial charge in [-0.1, -0.05) is 25.4 Å². The summed E-state index contributed by atoms with van der Waals surface area (Å²) in [4.78, 5) is 0. The van der Waals surface area contributed by atoms with Gasteiger partial charge in [0.1, 0.15) is 22.5 Å². The molecule has 0 N–H and O–H groups in total. The van der Waals surface area contributed by atoms with Crippen molar-refractivity contribution in [2.75, 3.05) is 0 Å². The van der Waals surface area contributed by atoms with Crippen molar-refractivity contribution >= 4 is 11.6 Å². The third kappa shape index (κ3) is 2.12. The molecule has 0 aromatic carbocycles. The molecule has 0 spiro atoms. The lowest BCUT2D eigenvalue weighted by Crippen LogP contribution is -2.06. The van der Waals surface area contributed by atoms with Crippen LogP contribution in [0.25, 0.3) is 11.4 Å². The van der Waals surface area contributed by atoms with Crippen molar-refractivity contribution in [1.82, 2.24) is 19.6 Å². The molecule has 0 aliphatic carbocycles. The van der Waals surface area contributed by atoms with Crippen LogP contribution in [0.3, 0.4) is 0 Å². The van der Waals surface area contributed by atoms with Gasteiger partial charge in [0.05, 0.1) is 5.69 Å². The molecule has 0 radical (unpaired) electrons. The minimum atomic E-state index is 0.391. The monoisotopic (exact) mass is 263 g/mol. The van der Waals surface area contributed by atoms with Crippen LogP contribution >= 0.6 is 11.6 Å². The minimum absolute atomic E-state index is 0.391. The summed E-state index contributed by atoms with van der Waals surface area (Å²) in [5.74, 6) is 0.410. The third-order valence-corrected chi connectivity index (χ3v) is 2.99. The molecule has 0 aliphatic heterocycles. The fourth-order valence-electron chi connectivity index (χ4n) is 1.79. The van der Waals surface area contributed by atoms with Crippen molar-refractivity contribution in [3.8, 4) is 17.5 Å². The summed E-state index contributed by atoms with van der Waals surface area (Å²) in [6, 6.07) is 3.94. The number of nitrogens with zero attached hydrogens (tertiary/aromatic N) is 5. The molecule has 5 nitrogen and oxygen atoms in total. The highest BCUT2D eigenvalue weighted by atomic mass is 35.5. The molecule has 0 amide bonds. The van der Waals surface area contributed by atoms with E-state index in [1.54, 1.807) is 15.6 Å². The number of rotatable bonds is 3. The second kappa shape index (κ2) is 4.83. The van der Waals surface area contributed by atoms with Gasteiger partial charge in [-0.15, -0.1) is 0 Å². The lowest BCUT2D eigenvalue weighted by Gasteiger charge is -2.05. The van der Waals surface area contributed by atoms with E-state index in [0.29, 0.717) is 28.9 Å². The topological polar surface area (TPSA) is 59.4 Å². The molecule has 0 aliphatic rings. The lowest BCUT2D eigenvalue weighted by molar-refractivity contribution is 0.484. The summed E-state index contributed by atoms with van der Waals surface area (Å²) in [6.07, 6.45) is 1.67. The standard InChI is InChI=1S/C12H14ClN5/c1-8(2)7-18-12(13)9(6-14)11(16-18)10-4-5-15-17(10)3/h4-5,8H,7H2,1-3H3. The summed E-state index contributed by atoms with van der Waals surface area (Å²) in [7, 11) is 1.81. The van der Waals surface area contributed by atoms with Crippen LogP contribution in [0.5, 0.6) is 0 Å². The zero-order valence-electron chi connectivity index (χ0n) is 10.6. The first-order chi connectivity index (χ1) is 8.54. The van der Waals surface area contributed by atoms with E-state index < -0.39 is 0 Å². The molecule has 2 heterocycles. The van der Waals surface area contributed by atoms with Gasteiger partial charge in [-0.3, -0.25) is 9.36 Å². The number of nitriles is 1. The molecular formula is C12H14ClN5. The molecule has 18 heavy (non-hydrogen) atoms. The van der Waals surface area contributed by atoms with Crippen LogP contribution in [0.2, 0.25) is 5.15 Å². The fraction of sp³-hybridized carbons (Fsp3) is 0.417. The van der Waals surface area contributed by atoms with Gasteiger partial charge in [0, 0.05) is 19.8 Å². The molecule has 0 saturated heterocycles. The van der Waals surface area contributed by atoms with Crippen LogP contribution in [0.15, 0.2) is 12.3 Å². The summed E-state index contributed by atoms with van der Waals surface area (Å²) < 4.78 is 3.35. The van der Waals surface area contributed by atoms with Crippen LogP contribution in [-0.2, 0) is 13.6 Å². The maximum absolute atomic E-state index is 9.22. The molecule has 6 heteroatoms. The second-order valence-electron chi connectivity index (χ2n) is 4.54. The van der Waals surface area contributed by atoms with Gasteiger partial charge < -0.3 is 0 Å². The SMILES string of the molecule is CC(C)Cn1nc(-c2ccnn2C)c(C#N)c1Cl. The minimum Gasteiger partial charge on any atom is -0.266 e. The molecule has 2 aromatic heterocycles. The zero-order valence-corrected chi connectivity index (χ0v) is 11.3. The van der Waals surface area contributed by atoms with E-state index in [1.165, 1.54) is 0 Å². The van der Waals surface area contributed by atoms with Gasteiger partial charge in [0.25, 0.3) is 0 Å². The summed E-state index contributed by atoms with van der Waals surface area (Å²) in [5.41, 5.74) is 1.78. The molecular weight excluding hydrogens is 250 g/mol. The van der Waals surface area contributed by atoms with Crippen molar-refractivity contribution in [2.45, 2.75) is 20.4 Å².